The molecule has 1 aromatic heterocycles. The Hall–Kier alpha value is -3.23. The quantitative estimate of drug-likeness (QED) is 0.594. The summed E-state index contributed by atoms with van der Waals surface area (Å²) in [5, 5.41) is 5.44. The molecule has 0 unspecified atom stereocenters. The molecule has 1 saturated carbocycles. The van der Waals surface area contributed by atoms with Gasteiger partial charge in [0.05, 0.1) is 10.9 Å². The van der Waals surface area contributed by atoms with Crippen molar-refractivity contribution < 1.29 is 19.1 Å². The minimum absolute atomic E-state index is 0.0675. The van der Waals surface area contributed by atoms with Crippen LogP contribution in [-0.4, -0.2) is 40.5 Å². The minimum atomic E-state index is -0.669. The number of para-hydroxylation sites is 1. The number of aromatic amines is 1. The van der Waals surface area contributed by atoms with Crippen molar-refractivity contribution in [2.24, 2.45) is 0 Å². The van der Waals surface area contributed by atoms with Gasteiger partial charge in [-0.3, -0.25) is 19.7 Å². The number of rotatable bonds is 7. The van der Waals surface area contributed by atoms with E-state index in [9.17, 15) is 19.2 Å². The number of amides is 3. The van der Waals surface area contributed by atoms with E-state index in [1.165, 1.54) is 6.42 Å². The molecule has 0 bridgehead atoms. The summed E-state index contributed by atoms with van der Waals surface area (Å²) in [6.45, 7) is -0.512. The van der Waals surface area contributed by atoms with E-state index in [1.807, 2.05) is 0 Å². The molecule has 0 saturated heterocycles. The summed E-state index contributed by atoms with van der Waals surface area (Å²) in [7, 11) is 0. The Balaban J connectivity index is 1.35. The van der Waals surface area contributed by atoms with Gasteiger partial charge in [0.1, 0.15) is 5.82 Å². The van der Waals surface area contributed by atoms with E-state index in [0.717, 1.165) is 25.7 Å². The second kappa shape index (κ2) is 10.5. The van der Waals surface area contributed by atoms with Crippen LogP contribution in [0.15, 0.2) is 29.1 Å². The lowest BCUT2D eigenvalue weighted by atomic mass is 9.96. The van der Waals surface area contributed by atoms with E-state index in [1.54, 1.807) is 24.3 Å². The molecule has 1 fully saturated rings. The van der Waals surface area contributed by atoms with Gasteiger partial charge >= 0.3 is 12.0 Å². The van der Waals surface area contributed by atoms with Gasteiger partial charge in [-0.05, 0) is 31.4 Å². The normalized spacial score (nSPS) is 14.3. The van der Waals surface area contributed by atoms with Crippen LogP contribution in [-0.2, 0) is 20.7 Å². The zero-order valence-corrected chi connectivity index (χ0v) is 16.7. The van der Waals surface area contributed by atoms with Crippen LogP contribution in [0.5, 0.6) is 0 Å². The number of aromatic nitrogens is 2. The highest BCUT2D eigenvalue weighted by Crippen LogP contribution is 2.17. The van der Waals surface area contributed by atoms with Crippen molar-refractivity contribution in [3.63, 3.8) is 0 Å². The number of aryl methyl sites for hydroxylation is 1. The van der Waals surface area contributed by atoms with Crippen molar-refractivity contribution in [3.8, 4) is 0 Å². The van der Waals surface area contributed by atoms with E-state index in [4.69, 9.17) is 4.74 Å². The van der Waals surface area contributed by atoms with Crippen LogP contribution in [0.25, 0.3) is 10.9 Å². The maximum atomic E-state index is 12.0. The lowest BCUT2D eigenvalue weighted by Gasteiger charge is -2.22. The molecule has 1 aromatic carbocycles. The summed E-state index contributed by atoms with van der Waals surface area (Å²) in [6, 6.07) is 6.55. The smallest absolute Gasteiger partial charge is 0.321 e. The maximum Gasteiger partial charge on any atom is 0.321 e. The van der Waals surface area contributed by atoms with Crippen LogP contribution in [0.3, 0.4) is 0 Å². The first-order chi connectivity index (χ1) is 14.5. The molecular formula is C21H26N4O5. The number of hydrogen-bond acceptors (Lipinski definition) is 6. The average Bonchev–Trinajstić information content (AvgIpc) is 2.73. The molecular weight excluding hydrogens is 388 g/mol. The molecule has 3 N–H and O–H groups in total. The van der Waals surface area contributed by atoms with Gasteiger partial charge in [0.25, 0.3) is 11.5 Å². The molecule has 3 amide bonds. The predicted octanol–water partition coefficient (Wildman–Crippen LogP) is 1.95. The molecule has 0 atom stereocenters. The highest BCUT2D eigenvalue weighted by molar-refractivity contribution is 5.95. The van der Waals surface area contributed by atoms with E-state index in [2.05, 4.69) is 20.6 Å². The zero-order valence-electron chi connectivity index (χ0n) is 16.7. The summed E-state index contributed by atoms with van der Waals surface area (Å²) in [5.74, 6) is -0.734. The number of fused-ring (bicyclic) bond motifs is 1. The lowest BCUT2D eigenvalue weighted by molar-refractivity contribution is -0.148. The van der Waals surface area contributed by atoms with E-state index in [-0.39, 0.29) is 18.0 Å². The molecule has 1 aliphatic carbocycles. The van der Waals surface area contributed by atoms with Gasteiger partial charge in [-0.1, -0.05) is 31.4 Å². The second-order valence-electron chi connectivity index (χ2n) is 7.40. The van der Waals surface area contributed by atoms with Gasteiger partial charge < -0.3 is 15.0 Å². The minimum Gasteiger partial charge on any atom is -0.456 e. The van der Waals surface area contributed by atoms with Crippen molar-refractivity contribution in [1.29, 1.82) is 0 Å². The van der Waals surface area contributed by atoms with Gasteiger partial charge in [-0.2, -0.15) is 0 Å². The predicted molar refractivity (Wildman–Crippen MR) is 110 cm³/mol. The maximum absolute atomic E-state index is 12.0. The number of hydrogen-bond donors (Lipinski definition) is 3. The van der Waals surface area contributed by atoms with Crippen molar-refractivity contribution in [1.82, 2.24) is 20.6 Å². The summed E-state index contributed by atoms with van der Waals surface area (Å²) >= 11 is 0. The van der Waals surface area contributed by atoms with Crippen LogP contribution in [0.2, 0.25) is 0 Å². The van der Waals surface area contributed by atoms with Gasteiger partial charge in [0.2, 0.25) is 0 Å². The molecule has 0 aliphatic heterocycles. The number of benzene rings is 1. The molecule has 0 spiro atoms. The zero-order chi connectivity index (χ0) is 21.3. The van der Waals surface area contributed by atoms with Crippen LogP contribution in [0.1, 0.15) is 50.8 Å². The van der Waals surface area contributed by atoms with Crippen LogP contribution in [0.4, 0.5) is 4.79 Å². The third-order valence-corrected chi connectivity index (χ3v) is 5.01. The molecule has 0 radical (unpaired) electrons. The number of carbonyl (C=O) groups is 3. The fourth-order valence-corrected chi connectivity index (χ4v) is 3.50. The first-order valence-electron chi connectivity index (χ1n) is 10.2. The van der Waals surface area contributed by atoms with Crippen LogP contribution < -0.4 is 16.2 Å². The molecule has 30 heavy (non-hydrogen) atoms. The Bertz CT molecular complexity index is 965. The summed E-state index contributed by atoms with van der Waals surface area (Å²) < 4.78 is 4.90. The Morgan fingerprint density at radius 1 is 1.13 bits per heavy atom. The van der Waals surface area contributed by atoms with Crippen molar-refractivity contribution >= 4 is 28.8 Å². The number of carbonyl (C=O) groups excluding carboxylic acids is 3. The molecule has 9 heteroatoms. The van der Waals surface area contributed by atoms with E-state index < -0.39 is 24.5 Å². The summed E-state index contributed by atoms with van der Waals surface area (Å²) in [5.41, 5.74) is 0.378. The SMILES string of the molecule is O=C(COC(=O)CCCc1nc2ccccc2c(=O)[nH]1)NC(=O)NC1CCCCC1. The van der Waals surface area contributed by atoms with Gasteiger partial charge in [0.15, 0.2) is 6.61 Å². The first-order valence-corrected chi connectivity index (χ1v) is 10.2. The van der Waals surface area contributed by atoms with Crippen LogP contribution in [0, 0.1) is 0 Å². The molecule has 3 rings (SSSR count). The number of imide groups is 1. The van der Waals surface area contributed by atoms with Crippen molar-refractivity contribution in [3.05, 3.63) is 40.4 Å². The average molecular weight is 414 g/mol. The monoisotopic (exact) mass is 414 g/mol. The third-order valence-electron chi connectivity index (χ3n) is 5.01. The highest BCUT2D eigenvalue weighted by atomic mass is 16.5. The van der Waals surface area contributed by atoms with Crippen LogP contribution >= 0.6 is 0 Å². The molecule has 1 heterocycles. The van der Waals surface area contributed by atoms with Gasteiger partial charge in [0, 0.05) is 18.9 Å². The first kappa shape index (κ1) is 21.5. The number of nitrogens with zero attached hydrogens (tertiary/aromatic N) is 1. The Labute approximate surface area is 173 Å². The van der Waals surface area contributed by atoms with E-state index >= 15 is 0 Å². The number of urea groups is 1. The Kier molecular flexibility index (Phi) is 7.53. The number of nitrogens with one attached hydrogen (secondary N) is 3. The number of ether oxygens (including phenoxy) is 1. The fraction of sp³-hybridized carbons (Fsp3) is 0.476. The molecule has 1 aliphatic rings. The highest BCUT2D eigenvalue weighted by Gasteiger charge is 2.17. The summed E-state index contributed by atoms with van der Waals surface area (Å²) in [6.07, 6.45) is 5.99. The largest absolute Gasteiger partial charge is 0.456 e. The van der Waals surface area contributed by atoms with Gasteiger partial charge in [-0.25, -0.2) is 9.78 Å². The number of H-pyrrole nitrogens is 1. The van der Waals surface area contributed by atoms with E-state index in [0.29, 0.717) is 29.6 Å². The second-order valence-corrected chi connectivity index (χ2v) is 7.40. The van der Waals surface area contributed by atoms with Gasteiger partial charge in [-0.15, -0.1) is 0 Å². The third kappa shape index (κ3) is 6.40. The fourth-order valence-electron chi connectivity index (χ4n) is 3.50. The Morgan fingerprint density at radius 3 is 2.70 bits per heavy atom. The summed E-state index contributed by atoms with van der Waals surface area (Å²) in [4.78, 5) is 54.5. The number of esters is 1. The molecule has 2 aromatic rings. The topological polar surface area (TPSA) is 130 Å². The molecule has 9 nitrogen and oxygen atoms in total. The van der Waals surface area contributed by atoms with Crippen molar-refractivity contribution in [2.45, 2.75) is 57.4 Å². The lowest BCUT2D eigenvalue weighted by Crippen LogP contribution is -2.46. The standard InChI is InChI=1S/C21H26N4O5/c26-18(25-21(29)22-14-7-2-1-3-8-14)13-30-19(27)12-6-11-17-23-16-10-5-4-9-15(16)20(28)24-17/h4-5,9-10,14H,1-3,6-8,11-13H2,(H,23,24,28)(H2,22,25,26,29). The Morgan fingerprint density at radius 2 is 1.90 bits per heavy atom. The molecule has 160 valence electrons. The van der Waals surface area contributed by atoms with Crippen molar-refractivity contribution in [2.75, 3.05) is 6.61 Å².